The third kappa shape index (κ3) is 7.17. The molecule has 0 spiro atoms. The molecule has 19 heteroatoms. The summed E-state index contributed by atoms with van der Waals surface area (Å²) in [4.78, 5) is 30.6. The number of alkyl halides is 6. The average Bonchev–Trinajstić information content (AvgIpc) is 3.60. The predicted molar refractivity (Wildman–Crippen MR) is 145 cm³/mol. The van der Waals surface area contributed by atoms with Crippen LogP contribution >= 0.6 is 11.6 Å². The Hall–Kier alpha value is -4.48. The summed E-state index contributed by atoms with van der Waals surface area (Å²) < 4.78 is 81.1. The molecule has 0 aliphatic heterocycles. The maximum absolute atomic E-state index is 13.6. The molecule has 5 rings (SSSR count). The summed E-state index contributed by atoms with van der Waals surface area (Å²) in [7, 11) is 1.72. The zero-order valence-electron chi connectivity index (χ0n) is 22.8. The SMILES string of the molecule is Cn1ccc(-c2cnc(N(C(=O)NCC(F)(F)F)[C@H]3CC[C@H](Nc4ncc(C(F)(F)F)c(-c5n[nH]cc5Cl)n4)CC3)cn2)n1. The lowest BCUT2D eigenvalue weighted by Crippen LogP contribution is -2.50. The van der Waals surface area contributed by atoms with E-state index < -0.39 is 42.2 Å². The quantitative estimate of drug-likeness (QED) is 0.233. The van der Waals surface area contributed by atoms with Crippen molar-refractivity contribution in [2.45, 2.75) is 50.1 Å². The second-order valence-electron chi connectivity index (χ2n) is 9.96. The summed E-state index contributed by atoms with van der Waals surface area (Å²) >= 11 is 6.00. The summed E-state index contributed by atoms with van der Waals surface area (Å²) in [5, 5.41) is 15.2. The van der Waals surface area contributed by atoms with Gasteiger partial charge in [-0.2, -0.15) is 36.5 Å². The number of nitrogens with zero attached hydrogens (tertiary/aromatic N) is 8. The normalized spacial score (nSPS) is 17.4. The van der Waals surface area contributed by atoms with Crippen LogP contribution in [0.4, 0.5) is 42.9 Å². The largest absolute Gasteiger partial charge is 0.420 e. The maximum atomic E-state index is 13.6. The van der Waals surface area contributed by atoms with Crippen molar-refractivity contribution in [1.29, 1.82) is 0 Å². The molecular weight excluding hydrogens is 620 g/mol. The smallest absolute Gasteiger partial charge is 0.351 e. The number of nitrogens with one attached hydrogen (secondary N) is 3. The summed E-state index contributed by atoms with van der Waals surface area (Å²) in [5.41, 5.74) is -0.880. The van der Waals surface area contributed by atoms with Gasteiger partial charge >= 0.3 is 18.4 Å². The van der Waals surface area contributed by atoms with E-state index in [0.717, 1.165) is 4.90 Å². The van der Waals surface area contributed by atoms with Crippen LogP contribution in [-0.4, -0.2) is 70.7 Å². The predicted octanol–water partition coefficient (Wildman–Crippen LogP) is 5.23. The first-order valence-corrected chi connectivity index (χ1v) is 13.5. The Morgan fingerprint density at radius 2 is 1.80 bits per heavy atom. The number of aryl methyl sites for hydroxylation is 1. The van der Waals surface area contributed by atoms with Crippen molar-refractivity contribution >= 4 is 29.4 Å². The lowest BCUT2D eigenvalue weighted by molar-refractivity contribution is -0.137. The Morgan fingerprint density at radius 3 is 2.36 bits per heavy atom. The highest BCUT2D eigenvalue weighted by Crippen LogP contribution is 2.38. The number of H-pyrrole nitrogens is 1. The van der Waals surface area contributed by atoms with Crippen molar-refractivity contribution < 1.29 is 31.1 Å². The molecule has 1 fully saturated rings. The highest BCUT2D eigenvalue weighted by atomic mass is 35.5. The molecule has 4 heterocycles. The molecule has 0 aromatic carbocycles. The molecule has 2 amide bonds. The van der Waals surface area contributed by atoms with Crippen LogP contribution < -0.4 is 15.5 Å². The maximum Gasteiger partial charge on any atom is 0.420 e. The van der Waals surface area contributed by atoms with Crippen LogP contribution in [0, 0.1) is 0 Å². The first-order valence-electron chi connectivity index (χ1n) is 13.1. The number of hydrogen-bond donors (Lipinski definition) is 3. The molecule has 0 unspecified atom stereocenters. The molecule has 1 saturated carbocycles. The Kier molecular flexibility index (Phi) is 8.62. The number of halogens is 7. The molecule has 4 aromatic rings. The van der Waals surface area contributed by atoms with E-state index in [2.05, 4.69) is 40.5 Å². The molecule has 1 aliphatic carbocycles. The van der Waals surface area contributed by atoms with E-state index in [1.165, 1.54) is 18.6 Å². The molecule has 0 atom stereocenters. The van der Waals surface area contributed by atoms with Crippen molar-refractivity contribution in [3.63, 3.8) is 0 Å². The third-order valence-corrected chi connectivity index (χ3v) is 7.12. The fourth-order valence-electron chi connectivity index (χ4n) is 4.79. The van der Waals surface area contributed by atoms with Gasteiger partial charge in [-0.1, -0.05) is 11.6 Å². The minimum atomic E-state index is -4.76. The monoisotopic (exact) mass is 643 g/mol. The topological polar surface area (TPSA) is 142 Å². The molecule has 0 saturated heterocycles. The molecule has 0 radical (unpaired) electrons. The van der Waals surface area contributed by atoms with Gasteiger partial charge in [-0.15, -0.1) is 0 Å². The third-order valence-electron chi connectivity index (χ3n) is 6.83. The highest BCUT2D eigenvalue weighted by Gasteiger charge is 2.38. The van der Waals surface area contributed by atoms with Gasteiger partial charge in [0.25, 0.3) is 0 Å². The number of carbonyl (C=O) groups excluding carboxylic acids is 1. The fourth-order valence-corrected chi connectivity index (χ4v) is 4.97. The van der Waals surface area contributed by atoms with E-state index in [1.807, 2.05) is 5.32 Å². The summed E-state index contributed by atoms with van der Waals surface area (Å²) in [5.74, 6) is -0.0429. The van der Waals surface area contributed by atoms with Crippen molar-refractivity contribution in [3.05, 3.63) is 47.6 Å². The van der Waals surface area contributed by atoms with Gasteiger partial charge in [0.05, 0.1) is 17.4 Å². The van der Waals surface area contributed by atoms with E-state index in [-0.39, 0.29) is 28.5 Å². The van der Waals surface area contributed by atoms with Gasteiger partial charge in [-0.25, -0.2) is 24.7 Å². The van der Waals surface area contributed by atoms with Crippen molar-refractivity contribution in [1.82, 2.24) is 45.2 Å². The zero-order chi connectivity index (χ0) is 31.6. The number of hydrogen-bond acceptors (Lipinski definition) is 8. The van der Waals surface area contributed by atoms with Crippen LogP contribution in [0.1, 0.15) is 31.2 Å². The Labute approximate surface area is 250 Å². The van der Waals surface area contributed by atoms with E-state index in [0.29, 0.717) is 43.3 Å². The van der Waals surface area contributed by atoms with Gasteiger partial charge in [0, 0.05) is 37.7 Å². The number of aromatic amines is 1. The van der Waals surface area contributed by atoms with Gasteiger partial charge in [-0.3, -0.25) is 14.7 Å². The number of carbonyl (C=O) groups is 1. The fraction of sp³-hybridized carbons (Fsp3) is 0.400. The standard InChI is InChI=1S/C25H24ClF6N11O/c1-42-7-6-17(41-42)18-10-34-19(11-33-18)43(23(44)36-12-24(27,28)29)14-4-2-13(3-5-14)38-22-35-8-15(25(30,31)32)20(39-22)21-16(26)9-37-40-21/h6-11,13-14H,2-5,12H2,1H3,(H,36,44)(H,37,40)(H,35,38,39)/t13-,14-. The van der Waals surface area contributed by atoms with Crippen molar-refractivity contribution in [2.24, 2.45) is 7.05 Å². The first-order chi connectivity index (χ1) is 20.8. The minimum Gasteiger partial charge on any atom is -0.351 e. The van der Waals surface area contributed by atoms with Gasteiger partial charge < -0.3 is 10.6 Å². The van der Waals surface area contributed by atoms with Gasteiger partial charge in [0.15, 0.2) is 5.82 Å². The molecular formula is C25H24ClF6N11O. The van der Waals surface area contributed by atoms with Crippen molar-refractivity contribution in [2.75, 3.05) is 16.8 Å². The van der Waals surface area contributed by atoms with Gasteiger partial charge in [0.2, 0.25) is 5.95 Å². The highest BCUT2D eigenvalue weighted by molar-refractivity contribution is 6.32. The Bertz CT molecular complexity index is 1600. The second-order valence-corrected chi connectivity index (χ2v) is 10.4. The van der Waals surface area contributed by atoms with Crippen LogP contribution in [0.2, 0.25) is 5.02 Å². The van der Waals surface area contributed by atoms with E-state index in [9.17, 15) is 31.1 Å². The minimum absolute atomic E-state index is 0.0485. The number of amides is 2. The van der Waals surface area contributed by atoms with Crippen LogP contribution in [0.15, 0.2) is 37.1 Å². The summed E-state index contributed by atoms with van der Waals surface area (Å²) in [6, 6.07) is -0.157. The number of anilines is 2. The molecule has 44 heavy (non-hydrogen) atoms. The van der Waals surface area contributed by atoms with Crippen LogP contribution in [-0.2, 0) is 13.2 Å². The molecule has 0 bridgehead atoms. The molecule has 12 nitrogen and oxygen atoms in total. The van der Waals surface area contributed by atoms with Crippen LogP contribution in [0.5, 0.6) is 0 Å². The molecule has 234 valence electrons. The van der Waals surface area contributed by atoms with E-state index in [1.54, 1.807) is 24.0 Å². The Morgan fingerprint density at radius 1 is 1.05 bits per heavy atom. The molecule has 3 N–H and O–H groups in total. The average molecular weight is 644 g/mol. The molecule has 1 aliphatic rings. The number of rotatable bonds is 7. The van der Waals surface area contributed by atoms with E-state index in [4.69, 9.17) is 11.6 Å². The lowest BCUT2D eigenvalue weighted by atomic mass is 9.90. The summed E-state index contributed by atoms with van der Waals surface area (Å²) in [6.07, 6.45) is -1.75. The van der Waals surface area contributed by atoms with Gasteiger partial charge in [-0.05, 0) is 31.7 Å². The number of aromatic nitrogens is 8. The second kappa shape index (κ2) is 12.3. The Balaban J connectivity index is 1.32. The summed E-state index contributed by atoms with van der Waals surface area (Å²) in [6.45, 7) is -1.54. The van der Waals surface area contributed by atoms with Crippen molar-refractivity contribution in [3.8, 4) is 22.8 Å². The van der Waals surface area contributed by atoms with Crippen LogP contribution in [0.25, 0.3) is 22.8 Å². The van der Waals surface area contributed by atoms with E-state index >= 15 is 0 Å². The zero-order valence-corrected chi connectivity index (χ0v) is 23.5. The lowest BCUT2D eigenvalue weighted by Gasteiger charge is -2.36. The molecule has 4 aromatic heterocycles. The first kappa shape index (κ1) is 31.0. The van der Waals surface area contributed by atoms with Crippen LogP contribution in [0.3, 0.4) is 0 Å². The van der Waals surface area contributed by atoms with Gasteiger partial charge in [0.1, 0.15) is 34.9 Å². The number of urea groups is 1.